The highest BCUT2D eigenvalue weighted by atomic mass is 35.5. The lowest BCUT2D eigenvalue weighted by Gasteiger charge is -2.13. The van der Waals surface area contributed by atoms with Gasteiger partial charge in [0.05, 0.1) is 36.2 Å². The van der Waals surface area contributed by atoms with E-state index in [4.69, 9.17) is 25.5 Å². The van der Waals surface area contributed by atoms with Gasteiger partial charge in [-0.05, 0) is 31.2 Å². The van der Waals surface area contributed by atoms with Gasteiger partial charge in [-0.2, -0.15) is 0 Å². The first-order valence-corrected chi connectivity index (χ1v) is 9.81. The number of hydrogen-bond acceptors (Lipinski definition) is 7. The van der Waals surface area contributed by atoms with Gasteiger partial charge in [-0.3, -0.25) is 9.59 Å². The molecule has 1 aromatic heterocycles. The molecule has 3 rings (SSSR count). The van der Waals surface area contributed by atoms with Crippen LogP contribution in [0, 0.1) is 0 Å². The van der Waals surface area contributed by atoms with E-state index in [2.05, 4.69) is 10.1 Å². The monoisotopic (exact) mass is 445 g/mol. The molecule has 9 heteroatoms. The molecule has 0 spiro atoms. The number of ether oxygens (including phenoxy) is 3. The summed E-state index contributed by atoms with van der Waals surface area (Å²) in [4.78, 5) is 35.5. The van der Waals surface area contributed by atoms with Gasteiger partial charge in [0.1, 0.15) is 23.9 Å². The normalized spacial score (nSPS) is 10.5. The number of benzene rings is 2. The quantitative estimate of drug-likeness (QED) is 0.338. The lowest BCUT2D eigenvalue weighted by molar-refractivity contribution is -0.154. The van der Waals surface area contributed by atoms with Crippen molar-refractivity contribution < 1.29 is 28.2 Å². The summed E-state index contributed by atoms with van der Waals surface area (Å²) in [5.74, 6) is -0.667. The minimum absolute atomic E-state index is 0.0455. The number of nitrogens with one attached hydrogen (secondary N) is 1. The van der Waals surface area contributed by atoms with E-state index >= 15 is 0 Å². The molecular weight excluding hydrogens is 426 g/mol. The zero-order valence-corrected chi connectivity index (χ0v) is 17.7. The first kappa shape index (κ1) is 22.2. The van der Waals surface area contributed by atoms with Crippen LogP contribution in [0.15, 0.2) is 51.7 Å². The Hall–Kier alpha value is -3.52. The van der Waals surface area contributed by atoms with Crippen LogP contribution in [0.4, 0.5) is 0 Å². The third-order valence-electron chi connectivity index (χ3n) is 4.27. The van der Waals surface area contributed by atoms with Crippen molar-refractivity contribution in [1.29, 1.82) is 0 Å². The van der Waals surface area contributed by atoms with Gasteiger partial charge in [0.15, 0.2) is 11.0 Å². The molecular formula is C22H20ClNO7. The van der Waals surface area contributed by atoms with Crippen molar-refractivity contribution in [3.8, 4) is 22.8 Å². The highest BCUT2D eigenvalue weighted by molar-refractivity contribution is 6.34. The SMILES string of the molecule is CCOC(=O)C(=O)NCCOc1cc(OC)ccc1-c1cc(=O)c2cccc(Cl)c2o1. The predicted octanol–water partition coefficient (Wildman–Crippen LogP) is 3.18. The van der Waals surface area contributed by atoms with Gasteiger partial charge in [-0.1, -0.05) is 17.7 Å². The second-order valence-corrected chi connectivity index (χ2v) is 6.69. The maximum atomic E-state index is 12.5. The smallest absolute Gasteiger partial charge is 0.396 e. The minimum Gasteiger partial charge on any atom is -0.497 e. The number of fused-ring (bicyclic) bond motifs is 1. The van der Waals surface area contributed by atoms with E-state index in [0.717, 1.165) is 0 Å². The third kappa shape index (κ3) is 5.16. The first-order valence-electron chi connectivity index (χ1n) is 9.43. The van der Waals surface area contributed by atoms with Crippen LogP contribution in [-0.2, 0) is 14.3 Å². The molecule has 8 nitrogen and oxygen atoms in total. The van der Waals surface area contributed by atoms with E-state index in [1.807, 2.05) is 0 Å². The fourth-order valence-electron chi connectivity index (χ4n) is 2.82. The molecule has 0 aliphatic rings. The zero-order valence-electron chi connectivity index (χ0n) is 16.9. The van der Waals surface area contributed by atoms with E-state index < -0.39 is 11.9 Å². The number of rotatable bonds is 7. The van der Waals surface area contributed by atoms with Gasteiger partial charge in [0.25, 0.3) is 0 Å². The summed E-state index contributed by atoms with van der Waals surface area (Å²) in [6, 6.07) is 11.3. The Morgan fingerprint density at radius 2 is 1.97 bits per heavy atom. The van der Waals surface area contributed by atoms with Gasteiger partial charge in [-0.25, -0.2) is 4.79 Å². The van der Waals surface area contributed by atoms with Crippen LogP contribution in [-0.4, -0.2) is 38.7 Å². The average molecular weight is 446 g/mol. The van der Waals surface area contributed by atoms with Gasteiger partial charge in [0.2, 0.25) is 0 Å². The Kier molecular flexibility index (Phi) is 7.15. The highest BCUT2D eigenvalue weighted by Crippen LogP contribution is 2.35. The first-order chi connectivity index (χ1) is 14.9. The third-order valence-corrected chi connectivity index (χ3v) is 4.56. The summed E-state index contributed by atoms with van der Waals surface area (Å²) in [7, 11) is 1.51. The number of hydrogen-bond donors (Lipinski definition) is 1. The number of esters is 1. The van der Waals surface area contributed by atoms with Crippen molar-refractivity contribution in [3.63, 3.8) is 0 Å². The van der Waals surface area contributed by atoms with Crippen LogP contribution >= 0.6 is 11.6 Å². The fraction of sp³-hybridized carbons (Fsp3) is 0.227. The molecule has 2 aromatic carbocycles. The number of carbonyl (C=O) groups excluding carboxylic acids is 2. The van der Waals surface area contributed by atoms with Gasteiger partial charge in [-0.15, -0.1) is 0 Å². The van der Waals surface area contributed by atoms with Crippen molar-refractivity contribution in [2.24, 2.45) is 0 Å². The van der Waals surface area contributed by atoms with Crippen LogP contribution in [0.1, 0.15) is 6.92 Å². The fourth-order valence-corrected chi connectivity index (χ4v) is 3.04. The Morgan fingerprint density at radius 3 is 2.71 bits per heavy atom. The predicted molar refractivity (Wildman–Crippen MR) is 115 cm³/mol. The van der Waals surface area contributed by atoms with E-state index in [-0.39, 0.29) is 36.5 Å². The van der Waals surface area contributed by atoms with Crippen molar-refractivity contribution in [3.05, 3.63) is 57.7 Å². The van der Waals surface area contributed by atoms with Crippen molar-refractivity contribution in [2.75, 3.05) is 26.9 Å². The molecule has 0 unspecified atom stereocenters. The number of carbonyl (C=O) groups is 2. The number of amides is 1. The molecule has 0 aliphatic carbocycles. The molecule has 0 saturated heterocycles. The molecule has 1 amide bonds. The number of halogens is 1. The van der Waals surface area contributed by atoms with Gasteiger partial charge in [0, 0.05) is 12.1 Å². The highest BCUT2D eigenvalue weighted by Gasteiger charge is 2.16. The molecule has 3 aromatic rings. The average Bonchev–Trinajstić information content (AvgIpc) is 2.77. The topological polar surface area (TPSA) is 104 Å². The minimum atomic E-state index is -0.959. The maximum Gasteiger partial charge on any atom is 0.396 e. The van der Waals surface area contributed by atoms with Gasteiger partial charge < -0.3 is 23.9 Å². The second kappa shape index (κ2) is 9.99. The van der Waals surface area contributed by atoms with Crippen LogP contribution < -0.4 is 20.2 Å². The Morgan fingerprint density at radius 1 is 1.16 bits per heavy atom. The largest absolute Gasteiger partial charge is 0.497 e. The Balaban J connectivity index is 1.85. The summed E-state index contributed by atoms with van der Waals surface area (Å²) >= 11 is 6.19. The number of methoxy groups -OCH3 is 1. The Labute approximate surface area is 182 Å². The summed E-state index contributed by atoms with van der Waals surface area (Å²) in [5, 5.41) is 3.09. The Bertz CT molecular complexity index is 1170. The molecule has 1 heterocycles. The molecule has 0 radical (unpaired) electrons. The van der Waals surface area contributed by atoms with Crippen molar-refractivity contribution in [2.45, 2.75) is 6.92 Å². The summed E-state index contributed by atoms with van der Waals surface area (Å²) in [6.45, 7) is 1.82. The van der Waals surface area contributed by atoms with Crippen molar-refractivity contribution in [1.82, 2.24) is 5.32 Å². The molecule has 0 saturated carbocycles. The van der Waals surface area contributed by atoms with Crippen LogP contribution in [0.25, 0.3) is 22.3 Å². The van der Waals surface area contributed by atoms with Crippen molar-refractivity contribution >= 4 is 34.4 Å². The maximum absolute atomic E-state index is 12.5. The van der Waals surface area contributed by atoms with E-state index in [9.17, 15) is 14.4 Å². The van der Waals surface area contributed by atoms with E-state index in [1.54, 1.807) is 43.3 Å². The molecule has 0 bridgehead atoms. The lowest BCUT2D eigenvalue weighted by atomic mass is 10.1. The zero-order chi connectivity index (χ0) is 22.4. The number of para-hydroxylation sites is 1. The lowest BCUT2D eigenvalue weighted by Crippen LogP contribution is -2.35. The summed E-state index contributed by atoms with van der Waals surface area (Å²) in [5.41, 5.74) is 0.522. The second-order valence-electron chi connectivity index (χ2n) is 6.28. The van der Waals surface area contributed by atoms with Crippen LogP contribution in [0.2, 0.25) is 5.02 Å². The van der Waals surface area contributed by atoms with E-state index in [1.165, 1.54) is 13.2 Å². The van der Waals surface area contributed by atoms with Gasteiger partial charge >= 0.3 is 11.9 Å². The molecule has 162 valence electrons. The van der Waals surface area contributed by atoms with E-state index in [0.29, 0.717) is 27.5 Å². The molecule has 31 heavy (non-hydrogen) atoms. The molecule has 0 aliphatic heterocycles. The summed E-state index contributed by atoms with van der Waals surface area (Å²) < 4.78 is 21.5. The summed E-state index contributed by atoms with van der Waals surface area (Å²) in [6.07, 6.45) is 0. The van der Waals surface area contributed by atoms with Crippen LogP contribution in [0.5, 0.6) is 11.5 Å². The molecule has 0 fully saturated rings. The molecule has 1 N–H and O–H groups in total. The standard InChI is InChI=1S/C22H20ClNO7/c1-3-29-22(27)21(26)24-9-10-30-18-11-13(28-2)7-8-15(18)19-12-17(25)14-5-4-6-16(23)20(14)31-19/h4-8,11-12H,3,9-10H2,1-2H3,(H,24,26). The molecule has 0 atom stereocenters. The van der Waals surface area contributed by atoms with Crippen LogP contribution in [0.3, 0.4) is 0 Å².